The second-order valence-corrected chi connectivity index (χ2v) is 6.82. The number of nitrogens with one attached hydrogen (secondary N) is 1. The minimum atomic E-state index is -0.193. The second-order valence-electron chi connectivity index (χ2n) is 6.82. The maximum Gasteiger partial charge on any atom is 0.223 e. The van der Waals surface area contributed by atoms with Crippen LogP contribution in [0.2, 0.25) is 0 Å². The van der Waals surface area contributed by atoms with E-state index in [4.69, 9.17) is 0 Å². The van der Waals surface area contributed by atoms with E-state index < -0.39 is 0 Å². The highest BCUT2D eigenvalue weighted by Gasteiger charge is 2.36. The van der Waals surface area contributed by atoms with Gasteiger partial charge >= 0.3 is 0 Å². The number of hydrogen-bond acceptors (Lipinski definition) is 2. The lowest BCUT2D eigenvalue weighted by Crippen LogP contribution is -2.35. The molecule has 0 spiro atoms. The van der Waals surface area contributed by atoms with E-state index in [1.165, 1.54) is 6.07 Å². The molecule has 2 saturated heterocycles. The number of amides is 1. The fourth-order valence-corrected chi connectivity index (χ4v) is 3.81. The lowest BCUT2D eigenvalue weighted by atomic mass is 9.93. The summed E-state index contributed by atoms with van der Waals surface area (Å²) in [7, 11) is 0. The quantitative estimate of drug-likeness (QED) is 0.930. The van der Waals surface area contributed by atoms with Crippen LogP contribution >= 0.6 is 0 Å². The van der Waals surface area contributed by atoms with E-state index in [1.807, 2.05) is 17.0 Å². The summed E-state index contributed by atoms with van der Waals surface area (Å²) in [5.74, 6) is 0.915. The van der Waals surface area contributed by atoms with Gasteiger partial charge in [0.25, 0.3) is 0 Å². The average molecular weight is 304 g/mol. The molecule has 0 saturated carbocycles. The first-order valence-electron chi connectivity index (χ1n) is 8.39. The minimum Gasteiger partial charge on any atom is -0.335 e. The smallest absolute Gasteiger partial charge is 0.223 e. The molecule has 3 rings (SSSR count). The number of rotatable bonds is 3. The fourth-order valence-electron chi connectivity index (χ4n) is 3.81. The number of benzene rings is 1. The second kappa shape index (κ2) is 6.78. The van der Waals surface area contributed by atoms with Gasteiger partial charge in [0.15, 0.2) is 0 Å². The molecule has 0 radical (unpaired) electrons. The van der Waals surface area contributed by atoms with Gasteiger partial charge < -0.3 is 10.2 Å². The van der Waals surface area contributed by atoms with Crippen LogP contribution in [0.15, 0.2) is 24.3 Å². The van der Waals surface area contributed by atoms with Gasteiger partial charge in [0.2, 0.25) is 5.91 Å². The first kappa shape index (κ1) is 15.5. The van der Waals surface area contributed by atoms with Crippen LogP contribution in [-0.2, 0) is 4.79 Å². The molecule has 2 atom stereocenters. The Morgan fingerprint density at radius 1 is 1.32 bits per heavy atom. The molecule has 0 bridgehead atoms. The Morgan fingerprint density at radius 3 is 2.77 bits per heavy atom. The van der Waals surface area contributed by atoms with Crippen molar-refractivity contribution in [3.8, 4) is 0 Å². The molecular formula is C18H25FN2O. The zero-order chi connectivity index (χ0) is 15.5. The largest absolute Gasteiger partial charge is 0.335 e. The van der Waals surface area contributed by atoms with Crippen LogP contribution in [0.5, 0.6) is 0 Å². The molecule has 0 aliphatic carbocycles. The third-order valence-corrected chi connectivity index (χ3v) is 5.02. The third-order valence-electron chi connectivity index (χ3n) is 5.02. The van der Waals surface area contributed by atoms with E-state index in [1.54, 1.807) is 6.07 Å². The number of carbonyl (C=O) groups excluding carboxylic acids is 1. The Balaban J connectivity index is 1.72. The predicted octanol–water partition coefficient (Wildman–Crippen LogP) is 3.12. The minimum absolute atomic E-state index is 0.0922. The van der Waals surface area contributed by atoms with Gasteiger partial charge in [-0.3, -0.25) is 4.79 Å². The summed E-state index contributed by atoms with van der Waals surface area (Å²) < 4.78 is 14.1. The van der Waals surface area contributed by atoms with E-state index in [2.05, 4.69) is 12.2 Å². The summed E-state index contributed by atoms with van der Waals surface area (Å²) in [4.78, 5) is 14.7. The SMILES string of the molecule is CC1CC(c2ccccc2F)N(C(=O)CC2CCNCC2)C1. The molecule has 2 aliphatic heterocycles. The standard InChI is InChI=1S/C18H25FN2O/c1-13-10-17(15-4-2-3-5-16(15)19)21(12-13)18(22)11-14-6-8-20-9-7-14/h2-5,13-14,17,20H,6-12H2,1H3. The zero-order valence-corrected chi connectivity index (χ0v) is 13.2. The van der Waals surface area contributed by atoms with Crippen molar-refractivity contribution in [2.45, 2.75) is 38.6 Å². The molecule has 1 aromatic rings. The predicted molar refractivity (Wildman–Crippen MR) is 84.8 cm³/mol. The van der Waals surface area contributed by atoms with Gasteiger partial charge in [0.1, 0.15) is 5.82 Å². The summed E-state index contributed by atoms with van der Waals surface area (Å²) >= 11 is 0. The van der Waals surface area contributed by atoms with Crippen molar-refractivity contribution in [1.29, 1.82) is 0 Å². The molecule has 1 amide bonds. The highest BCUT2D eigenvalue weighted by atomic mass is 19.1. The molecule has 1 N–H and O–H groups in total. The van der Waals surface area contributed by atoms with Crippen LogP contribution in [0, 0.1) is 17.7 Å². The summed E-state index contributed by atoms with van der Waals surface area (Å²) in [6.07, 6.45) is 3.61. The third kappa shape index (κ3) is 3.32. The summed E-state index contributed by atoms with van der Waals surface area (Å²) in [6, 6.07) is 6.79. The molecule has 4 heteroatoms. The maximum atomic E-state index is 14.1. The molecule has 1 aromatic carbocycles. The Hall–Kier alpha value is -1.42. The number of halogens is 1. The van der Waals surface area contributed by atoms with Gasteiger partial charge in [0.05, 0.1) is 6.04 Å². The number of likely N-dealkylation sites (tertiary alicyclic amines) is 1. The monoisotopic (exact) mass is 304 g/mol. The zero-order valence-electron chi connectivity index (χ0n) is 13.2. The van der Waals surface area contributed by atoms with Gasteiger partial charge in [-0.25, -0.2) is 4.39 Å². The topological polar surface area (TPSA) is 32.3 Å². The van der Waals surface area contributed by atoms with Gasteiger partial charge in [0, 0.05) is 18.5 Å². The lowest BCUT2D eigenvalue weighted by molar-refractivity contribution is -0.133. The van der Waals surface area contributed by atoms with Crippen molar-refractivity contribution in [3.05, 3.63) is 35.6 Å². The van der Waals surface area contributed by atoms with Gasteiger partial charge in [-0.15, -0.1) is 0 Å². The van der Waals surface area contributed by atoms with Crippen LogP contribution in [0.4, 0.5) is 4.39 Å². The summed E-state index contributed by atoms with van der Waals surface area (Å²) in [5.41, 5.74) is 0.672. The Labute approximate surface area is 131 Å². The van der Waals surface area contributed by atoms with Crippen molar-refractivity contribution in [2.75, 3.05) is 19.6 Å². The van der Waals surface area contributed by atoms with E-state index >= 15 is 0 Å². The van der Waals surface area contributed by atoms with E-state index in [0.717, 1.165) is 38.9 Å². The maximum absolute atomic E-state index is 14.1. The van der Waals surface area contributed by atoms with Crippen molar-refractivity contribution < 1.29 is 9.18 Å². The van der Waals surface area contributed by atoms with Crippen molar-refractivity contribution in [1.82, 2.24) is 10.2 Å². The van der Waals surface area contributed by atoms with Crippen LogP contribution < -0.4 is 5.32 Å². The molecule has 2 heterocycles. The van der Waals surface area contributed by atoms with E-state index in [-0.39, 0.29) is 17.8 Å². The van der Waals surface area contributed by atoms with Crippen LogP contribution in [-0.4, -0.2) is 30.4 Å². The van der Waals surface area contributed by atoms with Gasteiger partial charge in [-0.05, 0) is 50.3 Å². The Morgan fingerprint density at radius 2 is 2.05 bits per heavy atom. The summed E-state index contributed by atoms with van der Waals surface area (Å²) in [6.45, 7) is 4.91. The first-order valence-corrected chi connectivity index (χ1v) is 8.39. The molecule has 3 nitrogen and oxygen atoms in total. The van der Waals surface area contributed by atoms with Crippen molar-refractivity contribution >= 4 is 5.91 Å². The fraction of sp³-hybridized carbons (Fsp3) is 0.611. The number of piperidine rings is 1. The number of carbonyl (C=O) groups is 1. The van der Waals surface area contributed by atoms with Crippen molar-refractivity contribution in [2.24, 2.45) is 11.8 Å². The molecule has 120 valence electrons. The Bertz CT molecular complexity index is 528. The van der Waals surface area contributed by atoms with E-state index in [9.17, 15) is 9.18 Å². The highest BCUT2D eigenvalue weighted by molar-refractivity contribution is 5.77. The molecule has 2 aliphatic rings. The molecule has 22 heavy (non-hydrogen) atoms. The number of hydrogen-bond donors (Lipinski definition) is 1. The average Bonchev–Trinajstić information content (AvgIpc) is 2.90. The molecular weight excluding hydrogens is 279 g/mol. The highest BCUT2D eigenvalue weighted by Crippen LogP contribution is 2.37. The van der Waals surface area contributed by atoms with Gasteiger partial charge in [-0.1, -0.05) is 25.1 Å². The molecule has 2 unspecified atom stereocenters. The summed E-state index contributed by atoms with van der Waals surface area (Å²) in [5, 5.41) is 3.33. The molecule has 0 aromatic heterocycles. The first-order chi connectivity index (χ1) is 10.6. The lowest BCUT2D eigenvalue weighted by Gasteiger charge is -2.29. The molecule has 2 fully saturated rings. The van der Waals surface area contributed by atoms with Crippen molar-refractivity contribution in [3.63, 3.8) is 0 Å². The van der Waals surface area contributed by atoms with Crippen LogP contribution in [0.25, 0.3) is 0 Å². The van der Waals surface area contributed by atoms with E-state index in [0.29, 0.717) is 23.8 Å². The van der Waals surface area contributed by atoms with Crippen LogP contribution in [0.1, 0.15) is 44.2 Å². The normalized spacial score (nSPS) is 26.4. The van der Waals surface area contributed by atoms with Crippen LogP contribution in [0.3, 0.4) is 0 Å². The Kier molecular flexibility index (Phi) is 4.77. The number of nitrogens with zero attached hydrogens (tertiary/aromatic N) is 1. The van der Waals surface area contributed by atoms with Gasteiger partial charge in [-0.2, -0.15) is 0 Å².